The second kappa shape index (κ2) is 8.47. The van der Waals surface area contributed by atoms with Crippen molar-refractivity contribution in [3.63, 3.8) is 0 Å². The van der Waals surface area contributed by atoms with Gasteiger partial charge in [-0.25, -0.2) is 0 Å². The van der Waals surface area contributed by atoms with Crippen LogP contribution in [0.2, 0.25) is 0 Å². The Hall–Kier alpha value is -2.64. The van der Waals surface area contributed by atoms with E-state index in [1.54, 1.807) is 5.20 Å². The molecule has 0 saturated heterocycles. The summed E-state index contributed by atoms with van der Waals surface area (Å²) >= 11 is 0. The smallest absolute Gasteiger partial charge is 0.0805 e. The molecule has 0 fully saturated rings. The third-order valence-electron chi connectivity index (χ3n) is 6.56. The van der Waals surface area contributed by atoms with Gasteiger partial charge in [0.2, 0.25) is 0 Å². The van der Waals surface area contributed by atoms with Crippen LogP contribution >= 0.6 is 0 Å². The molecule has 1 aliphatic rings. The molecule has 3 aromatic carbocycles. The fraction of sp³-hybridized carbons (Fsp3) is 0.267. The molecule has 0 aliphatic heterocycles. The predicted molar refractivity (Wildman–Crippen MR) is 139 cm³/mol. The molecule has 0 amide bonds. The highest BCUT2D eigenvalue weighted by atomic mass is 28.3. The Morgan fingerprint density at radius 3 is 1.58 bits per heavy atom. The van der Waals surface area contributed by atoms with Gasteiger partial charge in [0.1, 0.15) is 0 Å². The third-order valence-corrected chi connectivity index (χ3v) is 11.5. The van der Waals surface area contributed by atoms with Gasteiger partial charge in [0.25, 0.3) is 0 Å². The van der Waals surface area contributed by atoms with E-state index in [2.05, 4.69) is 120 Å². The highest BCUT2D eigenvalue weighted by Gasteiger charge is 2.45. The van der Waals surface area contributed by atoms with Crippen LogP contribution in [0.3, 0.4) is 0 Å². The molecule has 0 aromatic heterocycles. The molecule has 0 atom stereocenters. The topological polar surface area (TPSA) is 0 Å². The summed E-state index contributed by atoms with van der Waals surface area (Å²) in [6.07, 6.45) is 5.84. The molecule has 0 radical (unpaired) electrons. The molecule has 0 nitrogen and oxygen atoms in total. The fourth-order valence-corrected chi connectivity index (χ4v) is 11.3. The Bertz CT molecular complexity index is 1070. The van der Waals surface area contributed by atoms with Crippen LogP contribution < -0.4 is 15.6 Å². The van der Waals surface area contributed by atoms with Crippen molar-refractivity contribution in [1.82, 2.24) is 0 Å². The quantitative estimate of drug-likeness (QED) is 0.358. The summed E-state index contributed by atoms with van der Waals surface area (Å²) in [6, 6.07) is 25.8. The monoisotopic (exact) mass is 422 g/mol. The molecule has 0 spiro atoms. The minimum atomic E-state index is -2.43. The standard InChI is InChI=1S/C30H34Si/c1-21(2)29-13-10-14-30(29)31(26-11-8-7-9-12-26,27-17-22(3)15-23(4)18-27)28-19-24(5)16-25(6)20-28/h7-13,15-21H,14H2,1-6H3. The predicted octanol–water partition coefficient (Wildman–Crippen LogP) is 5.84. The zero-order valence-electron chi connectivity index (χ0n) is 19.8. The number of rotatable bonds is 5. The van der Waals surface area contributed by atoms with Crippen LogP contribution in [0.15, 0.2) is 89.7 Å². The SMILES string of the molecule is Cc1cc(C)cc([Si](C2=C(C(C)C)C=CC2)(c2ccccc2)c2cc(C)cc(C)c2)c1. The van der Waals surface area contributed by atoms with E-state index in [0.717, 1.165) is 6.42 Å². The van der Waals surface area contributed by atoms with Crippen LogP contribution in [0.25, 0.3) is 0 Å². The van der Waals surface area contributed by atoms with Gasteiger partial charge < -0.3 is 0 Å². The van der Waals surface area contributed by atoms with Gasteiger partial charge in [-0.1, -0.05) is 120 Å². The largest absolute Gasteiger partial charge is 0.176 e. The van der Waals surface area contributed by atoms with Gasteiger partial charge >= 0.3 is 0 Å². The fourth-order valence-electron chi connectivity index (χ4n) is 5.53. The second-order valence-corrected chi connectivity index (χ2v) is 13.4. The molecule has 0 N–H and O–H groups in total. The molecule has 0 unspecified atom stereocenters. The summed E-state index contributed by atoms with van der Waals surface area (Å²) < 4.78 is 0. The molecular formula is C30H34Si. The molecule has 158 valence electrons. The van der Waals surface area contributed by atoms with Crippen LogP contribution in [-0.2, 0) is 0 Å². The molecule has 0 bridgehead atoms. The Morgan fingerprint density at radius 2 is 1.13 bits per heavy atom. The summed E-state index contributed by atoms with van der Waals surface area (Å²) in [6.45, 7) is 13.7. The van der Waals surface area contributed by atoms with Crippen molar-refractivity contribution >= 4 is 23.6 Å². The minimum absolute atomic E-state index is 0.515. The summed E-state index contributed by atoms with van der Waals surface area (Å²) in [4.78, 5) is 0. The summed E-state index contributed by atoms with van der Waals surface area (Å²) in [7, 11) is -2.43. The number of benzene rings is 3. The molecule has 1 aliphatic carbocycles. The van der Waals surface area contributed by atoms with Gasteiger partial charge in [-0.15, -0.1) is 0 Å². The first-order valence-electron chi connectivity index (χ1n) is 11.5. The average molecular weight is 423 g/mol. The molecular weight excluding hydrogens is 388 g/mol. The van der Waals surface area contributed by atoms with Crippen molar-refractivity contribution in [3.05, 3.63) is 112 Å². The van der Waals surface area contributed by atoms with E-state index >= 15 is 0 Å². The maximum absolute atomic E-state index is 2.47. The molecule has 31 heavy (non-hydrogen) atoms. The van der Waals surface area contributed by atoms with Crippen molar-refractivity contribution in [2.75, 3.05) is 0 Å². The first-order valence-corrected chi connectivity index (χ1v) is 13.5. The van der Waals surface area contributed by atoms with Crippen LogP contribution in [0.1, 0.15) is 42.5 Å². The van der Waals surface area contributed by atoms with Crippen LogP contribution in [0.4, 0.5) is 0 Å². The maximum atomic E-state index is 2.47. The number of aryl methyl sites for hydroxylation is 4. The van der Waals surface area contributed by atoms with Crippen molar-refractivity contribution < 1.29 is 0 Å². The highest BCUT2D eigenvalue weighted by molar-refractivity contribution is 7.16. The third kappa shape index (κ3) is 3.88. The number of allylic oxidation sites excluding steroid dienone is 4. The van der Waals surface area contributed by atoms with E-state index in [0.29, 0.717) is 5.92 Å². The van der Waals surface area contributed by atoms with E-state index in [1.807, 2.05) is 0 Å². The van der Waals surface area contributed by atoms with Crippen molar-refractivity contribution in [1.29, 1.82) is 0 Å². The van der Waals surface area contributed by atoms with Crippen molar-refractivity contribution in [3.8, 4) is 0 Å². The molecule has 3 aromatic rings. The van der Waals surface area contributed by atoms with E-state index in [4.69, 9.17) is 0 Å². The summed E-state index contributed by atoms with van der Waals surface area (Å²) in [5.74, 6) is 0.515. The Morgan fingerprint density at radius 1 is 0.645 bits per heavy atom. The van der Waals surface area contributed by atoms with Crippen LogP contribution in [0.5, 0.6) is 0 Å². The van der Waals surface area contributed by atoms with Crippen molar-refractivity contribution in [2.24, 2.45) is 5.92 Å². The zero-order chi connectivity index (χ0) is 22.2. The number of hydrogen-bond donors (Lipinski definition) is 0. The lowest BCUT2D eigenvalue weighted by molar-refractivity contribution is 0.789. The number of hydrogen-bond acceptors (Lipinski definition) is 0. The van der Waals surface area contributed by atoms with Crippen molar-refractivity contribution in [2.45, 2.75) is 48.0 Å². The Balaban J connectivity index is 2.21. The van der Waals surface area contributed by atoms with E-state index in [9.17, 15) is 0 Å². The van der Waals surface area contributed by atoms with Gasteiger partial charge in [0.15, 0.2) is 8.07 Å². The molecule has 1 heteroatoms. The zero-order valence-corrected chi connectivity index (χ0v) is 20.8. The van der Waals surface area contributed by atoms with E-state index in [1.165, 1.54) is 43.4 Å². The van der Waals surface area contributed by atoms with E-state index in [-0.39, 0.29) is 0 Å². The lowest BCUT2D eigenvalue weighted by atomic mass is 10.1. The first kappa shape index (κ1) is 21.6. The maximum Gasteiger partial charge on any atom is 0.176 e. The summed E-state index contributed by atoms with van der Waals surface area (Å²) in [5, 5.41) is 6.17. The highest BCUT2D eigenvalue weighted by Crippen LogP contribution is 2.33. The van der Waals surface area contributed by atoms with Gasteiger partial charge in [-0.05, 0) is 61.2 Å². The molecule has 0 saturated carbocycles. The second-order valence-electron chi connectivity index (χ2n) is 9.56. The normalized spacial score (nSPS) is 14.0. The van der Waals surface area contributed by atoms with Gasteiger partial charge in [0, 0.05) is 0 Å². The molecule has 0 heterocycles. The van der Waals surface area contributed by atoms with Crippen LogP contribution in [0, 0.1) is 33.6 Å². The lowest BCUT2D eigenvalue weighted by Gasteiger charge is -2.38. The van der Waals surface area contributed by atoms with Crippen LogP contribution in [-0.4, -0.2) is 8.07 Å². The van der Waals surface area contributed by atoms with Gasteiger partial charge in [-0.2, -0.15) is 0 Å². The average Bonchev–Trinajstić information content (AvgIpc) is 3.18. The lowest BCUT2D eigenvalue weighted by Crippen LogP contribution is -2.69. The van der Waals surface area contributed by atoms with E-state index < -0.39 is 8.07 Å². The summed E-state index contributed by atoms with van der Waals surface area (Å²) in [5.41, 5.74) is 6.94. The Kier molecular flexibility index (Phi) is 5.90. The minimum Gasteiger partial charge on any atom is -0.0805 e. The van der Waals surface area contributed by atoms with Gasteiger partial charge in [0.05, 0.1) is 0 Å². The Labute approximate surface area is 189 Å². The molecule has 4 rings (SSSR count). The van der Waals surface area contributed by atoms with Gasteiger partial charge in [-0.3, -0.25) is 0 Å². The first-order chi connectivity index (χ1) is 14.8.